The fraction of sp³-hybridized carbons (Fsp3) is 0.909. The zero-order chi connectivity index (χ0) is 13.3. The minimum atomic E-state index is -3.21. The SMILES string of the molecule is CCS(=O)(=O)C1CSCCN1C(C(=O)O)C1CC1. The van der Waals surface area contributed by atoms with Crippen LogP contribution in [-0.4, -0.2) is 59.6 Å². The average Bonchev–Trinajstić information content (AvgIpc) is 3.14. The first-order chi connectivity index (χ1) is 8.47. The van der Waals surface area contributed by atoms with Gasteiger partial charge in [0.05, 0.1) is 0 Å². The largest absolute Gasteiger partial charge is 0.480 e. The first kappa shape index (κ1) is 14.1. The van der Waals surface area contributed by atoms with Crippen molar-refractivity contribution < 1.29 is 18.3 Å². The van der Waals surface area contributed by atoms with Crippen molar-refractivity contribution in [1.82, 2.24) is 4.90 Å². The van der Waals surface area contributed by atoms with E-state index in [4.69, 9.17) is 0 Å². The summed E-state index contributed by atoms with van der Waals surface area (Å²) >= 11 is 1.60. The van der Waals surface area contributed by atoms with E-state index in [1.807, 2.05) is 0 Å². The van der Waals surface area contributed by atoms with Gasteiger partial charge in [-0.05, 0) is 18.8 Å². The van der Waals surface area contributed by atoms with Crippen LogP contribution in [0.1, 0.15) is 19.8 Å². The van der Waals surface area contributed by atoms with Crippen molar-refractivity contribution in [3.05, 3.63) is 0 Å². The molecule has 5 nitrogen and oxygen atoms in total. The lowest BCUT2D eigenvalue weighted by molar-refractivity contribution is -0.144. The van der Waals surface area contributed by atoms with Crippen LogP contribution in [0.2, 0.25) is 0 Å². The summed E-state index contributed by atoms with van der Waals surface area (Å²) in [5, 5.41) is 8.73. The number of thioether (sulfide) groups is 1. The number of carboxylic acids is 1. The molecule has 1 N–H and O–H groups in total. The van der Waals surface area contributed by atoms with Crippen LogP contribution in [0.3, 0.4) is 0 Å². The molecular formula is C11H19NO4S2. The maximum Gasteiger partial charge on any atom is 0.321 e. The summed E-state index contributed by atoms with van der Waals surface area (Å²) in [6.07, 6.45) is 1.80. The molecular weight excluding hydrogens is 274 g/mol. The second-order valence-electron chi connectivity index (χ2n) is 4.84. The van der Waals surface area contributed by atoms with E-state index in [9.17, 15) is 18.3 Å². The van der Waals surface area contributed by atoms with E-state index >= 15 is 0 Å². The lowest BCUT2D eigenvalue weighted by Gasteiger charge is -2.38. The molecule has 2 rings (SSSR count). The minimum absolute atomic E-state index is 0.0751. The Kier molecular flexibility index (Phi) is 4.23. The molecule has 0 aromatic carbocycles. The highest BCUT2D eigenvalue weighted by atomic mass is 32.2. The van der Waals surface area contributed by atoms with Gasteiger partial charge in [-0.1, -0.05) is 6.92 Å². The van der Waals surface area contributed by atoms with Crippen LogP contribution < -0.4 is 0 Å². The third kappa shape index (κ3) is 2.83. The van der Waals surface area contributed by atoms with Gasteiger partial charge in [0.1, 0.15) is 11.4 Å². The zero-order valence-electron chi connectivity index (χ0n) is 10.4. The van der Waals surface area contributed by atoms with Crippen LogP contribution >= 0.6 is 11.8 Å². The number of carbonyl (C=O) groups is 1. The predicted octanol–water partition coefficient (Wildman–Crippen LogP) is 0.659. The molecule has 18 heavy (non-hydrogen) atoms. The van der Waals surface area contributed by atoms with Gasteiger partial charge < -0.3 is 5.11 Å². The smallest absolute Gasteiger partial charge is 0.321 e. The maximum atomic E-state index is 12.1. The first-order valence-electron chi connectivity index (χ1n) is 6.25. The Morgan fingerprint density at radius 3 is 2.67 bits per heavy atom. The van der Waals surface area contributed by atoms with Gasteiger partial charge in [0.25, 0.3) is 0 Å². The molecule has 104 valence electrons. The molecule has 2 fully saturated rings. The van der Waals surface area contributed by atoms with E-state index in [2.05, 4.69) is 0 Å². The molecule has 0 amide bonds. The number of nitrogens with zero attached hydrogens (tertiary/aromatic N) is 1. The molecule has 1 heterocycles. The monoisotopic (exact) mass is 293 g/mol. The standard InChI is InChI=1S/C11H19NO4S2/c1-2-18(15,16)9-7-17-6-5-12(9)10(11(13)14)8-3-4-8/h8-10H,2-7H2,1H3,(H,13,14). The van der Waals surface area contributed by atoms with Crippen molar-refractivity contribution in [2.45, 2.75) is 31.2 Å². The molecule has 2 aliphatic rings. The van der Waals surface area contributed by atoms with Crippen molar-refractivity contribution in [3.63, 3.8) is 0 Å². The average molecular weight is 293 g/mol. The van der Waals surface area contributed by atoms with Crippen LogP contribution in [0.25, 0.3) is 0 Å². The Morgan fingerprint density at radius 2 is 2.17 bits per heavy atom. The van der Waals surface area contributed by atoms with E-state index in [0.717, 1.165) is 18.6 Å². The second kappa shape index (κ2) is 5.38. The Labute approximate surface area is 112 Å². The molecule has 1 saturated carbocycles. The quantitative estimate of drug-likeness (QED) is 0.802. The van der Waals surface area contributed by atoms with Gasteiger partial charge >= 0.3 is 5.97 Å². The highest BCUT2D eigenvalue weighted by molar-refractivity contribution is 8.01. The van der Waals surface area contributed by atoms with E-state index in [-0.39, 0.29) is 11.7 Å². The lowest BCUT2D eigenvalue weighted by atomic mass is 10.1. The number of carboxylic acid groups (broad SMARTS) is 1. The highest BCUT2D eigenvalue weighted by Gasteiger charge is 2.46. The Hall–Kier alpha value is -0.270. The zero-order valence-corrected chi connectivity index (χ0v) is 12.0. The number of sulfone groups is 1. The van der Waals surface area contributed by atoms with E-state index in [1.54, 1.807) is 23.6 Å². The topological polar surface area (TPSA) is 74.7 Å². The number of aliphatic carboxylic acids is 1. The molecule has 2 unspecified atom stereocenters. The molecule has 1 aliphatic heterocycles. The Balaban J connectivity index is 2.24. The van der Waals surface area contributed by atoms with Crippen molar-refractivity contribution in [1.29, 1.82) is 0 Å². The molecule has 0 radical (unpaired) electrons. The summed E-state index contributed by atoms with van der Waals surface area (Å²) in [6.45, 7) is 2.18. The van der Waals surface area contributed by atoms with Crippen LogP contribution in [0.15, 0.2) is 0 Å². The van der Waals surface area contributed by atoms with Crippen molar-refractivity contribution >= 4 is 27.6 Å². The summed E-state index contributed by atoms with van der Waals surface area (Å²) in [5.74, 6) is 0.644. The first-order valence-corrected chi connectivity index (χ1v) is 9.12. The van der Waals surface area contributed by atoms with Crippen LogP contribution in [0.5, 0.6) is 0 Å². The molecule has 7 heteroatoms. The van der Waals surface area contributed by atoms with Gasteiger partial charge in [-0.3, -0.25) is 9.69 Å². The second-order valence-corrected chi connectivity index (χ2v) is 8.44. The Bertz CT molecular complexity index is 419. The summed E-state index contributed by atoms with van der Waals surface area (Å²) in [6, 6.07) is -0.614. The van der Waals surface area contributed by atoms with Gasteiger partial charge in [-0.15, -0.1) is 0 Å². The van der Waals surface area contributed by atoms with Crippen molar-refractivity contribution in [2.24, 2.45) is 5.92 Å². The van der Waals surface area contributed by atoms with Crippen LogP contribution in [0.4, 0.5) is 0 Å². The van der Waals surface area contributed by atoms with Crippen molar-refractivity contribution in [2.75, 3.05) is 23.8 Å². The van der Waals surface area contributed by atoms with Crippen LogP contribution in [0, 0.1) is 5.92 Å². The van der Waals surface area contributed by atoms with Gasteiger partial charge in [0.15, 0.2) is 9.84 Å². The van der Waals surface area contributed by atoms with E-state index < -0.39 is 27.2 Å². The number of hydrogen-bond donors (Lipinski definition) is 1. The van der Waals surface area contributed by atoms with Gasteiger partial charge in [0.2, 0.25) is 0 Å². The molecule has 0 spiro atoms. The molecule has 0 aromatic rings. The lowest BCUT2D eigenvalue weighted by Crippen LogP contribution is -2.55. The summed E-state index contributed by atoms with van der Waals surface area (Å²) < 4.78 is 24.2. The van der Waals surface area contributed by atoms with Gasteiger partial charge in [-0.25, -0.2) is 8.42 Å². The fourth-order valence-corrected chi connectivity index (χ4v) is 5.49. The molecule has 2 atom stereocenters. The summed E-state index contributed by atoms with van der Waals surface area (Å²) in [7, 11) is -3.21. The molecule has 1 saturated heterocycles. The van der Waals surface area contributed by atoms with E-state index in [0.29, 0.717) is 12.3 Å². The summed E-state index contributed by atoms with van der Waals surface area (Å²) in [5.41, 5.74) is 0. The maximum absolute atomic E-state index is 12.1. The predicted molar refractivity (Wildman–Crippen MR) is 71.4 cm³/mol. The third-order valence-electron chi connectivity index (χ3n) is 3.62. The Morgan fingerprint density at radius 1 is 1.50 bits per heavy atom. The molecule has 1 aliphatic carbocycles. The summed E-state index contributed by atoms with van der Waals surface area (Å²) in [4.78, 5) is 13.1. The highest BCUT2D eigenvalue weighted by Crippen LogP contribution is 2.38. The third-order valence-corrected chi connectivity index (χ3v) is 6.92. The fourth-order valence-electron chi connectivity index (χ4n) is 2.44. The molecule has 0 aromatic heterocycles. The minimum Gasteiger partial charge on any atom is -0.480 e. The van der Waals surface area contributed by atoms with Gasteiger partial charge in [-0.2, -0.15) is 11.8 Å². The molecule has 0 bridgehead atoms. The van der Waals surface area contributed by atoms with E-state index in [1.165, 1.54) is 0 Å². The van der Waals surface area contributed by atoms with Gasteiger partial charge in [0, 0.05) is 23.8 Å². The van der Waals surface area contributed by atoms with Crippen molar-refractivity contribution in [3.8, 4) is 0 Å². The normalized spacial score (nSPS) is 27.9. The van der Waals surface area contributed by atoms with Crippen LogP contribution in [-0.2, 0) is 14.6 Å². The number of hydrogen-bond acceptors (Lipinski definition) is 5. The number of rotatable bonds is 5.